The molecule has 1 saturated heterocycles. The Labute approximate surface area is 200 Å². The largest absolute Gasteiger partial charge is 0.485 e. The fourth-order valence-electron chi connectivity index (χ4n) is 4.00. The molecule has 34 heavy (non-hydrogen) atoms. The molecule has 0 aliphatic carbocycles. The quantitative estimate of drug-likeness (QED) is 0.555. The number of carbonyl (C=O) groups is 2. The molecule has 0 saturated carbocycles. The van der Waals surface area contributed by atoms with E-state index < -0.39 is 0 Å². The zero-order valence-electron chi connectivity index (χ0n) is 19.8. The molecule has 0 bridgehead atoms. The van der Waals surface area contributed by atoms with Crippen LogP contribution in [0.5, 0.6) is 5.75 Å². The maximum Gasteiger partial charge on any atom is 0.289 e. The molecule has 0 atom stereocenters. The summed E-state index contributed by atoms with van der Waals surface area (Å²) in [5.74, 6) is 1.58. The third-order valence-corrected chi connectivity index (χ3v) is 5.93. The second-order valence-electron chi connectivity index (χ2n) is 8.65. The first-order chi connectivity index (χ1) is 16.5. The SMILES string of the molecule is Cc1ccc(OCc2ccc(C(=O)N3CCN(CC(=O)NCc4ccccc4)CC3)o2)c(C)c1. The number of nitrogens with one attached hydrogen (secondary N) is 1. The molecule has 2 aromatic carbocycles. The Morgan fingerprint density at radius 1 is 0.971 bits per heavy atom. The van der Waals surface area contributed by atoms with Gasteiger partial charge in [-0.05, 0) is 43.2 Å². The number of aryl methyl sites for hydroxylation is 2. The van der Waals surface area contributed by atoms with E-state index in [9.17, 15) is 9.59 Å². The fourth-order valence-corrected chi connectivity index (χ4v) is 4.00. The molecule has 7 nitrogen and oxygen atoms in total. The molecule has 0 spiro atoms. The minimum absolute atomic E-state index is 0.0110. The van der Waals surface area contributed by atoms with Crippen LogP contribution >= 0.6 is 0 Å². The third-order valence-electron chi connectivity index (χ3n) is 5.93. The molecule has 0 unspecified atom stereocenters. The number of hydrogen-bond acceptors (Lipinski definition) is 5. The predicted octanol–water partition coefficient (Wildman–Crippen LogP) is 3.55. The van der Waals surface area contributed by atoms with E-state index in [1.807, 2.05) is 56.3 Å². The summed E-state index contributed by atoms with van der Waals surface area (Å²) in [5, 5.41) is 2.95. The molecule has 1 N–H and O–H groups in total. The summed E-state index contributed by atoms with van der Waals surface area (Å²) in [5.41, 5.74) is 3.32. The molecule has 1 aliphatic rings. The van der Waals surface area contributed by atoms with Gasteiger partial charge >= 0.3 is 0 Å². The Morgan fingerprint density at radius 3 is 2.47 bits per heavy atom. The normalized spacial score (nSPS) is 14.1. The first-order valence-corrected chi connectivity index (χ1v) is 11.6. The molecule has 3 aromatic rings. The molecule has 2 heterocycles. The van der Waals surface area contributed by atoms with Gasteiger partial charge < -0.3 is 19.4 Å². The molecular formula is C27H31N3O4. The molecule has 1 fully saturated rings. The lowest BCUT2D eigenvalue weighted by atomic mass is 10.1. The Morgan fingerprint density at radius 2 is 1.74 bits per heavy atom. The van der Waals surface area contributed by atoms with Crippen LogP contribution in [0.1, 0.15) is 33.0 Å². The second-order valence-corrected chi connectivity index (χ2v) is 8.65. The van der Waals surface area contributed by atoms with Crippen LogP contribution < -0.4 is 10.1 Å². The molecule has 0 radical (unpaired) electrons. The minimum atomic E-state index is -0.133. The summed E-state index contributed by atoms with van der Waals surface area (Å²) >= 11 is 0. The average molecular weight is 462 g/mol. The van der Waals surface area contributed by atoms with Crippen molar-refractivity contribution >= 4 is 11.8 Å². The maximum atomic E-state index is 12.9. The van der Waals surface area contributed by atoms with Gasteiger partial charge in [-0.25, -0.2) is 0 Å². The van der Waals surface area contributed by atoms with E-state index in [0.717, 1.165) is 16.9 Å². The molecule has 7 heteroatoms. The first kappa shape index (κ1) is 23.6. The topological polar surface area (TPSA) is 75.0 Å². The number of hydrogen-bond donors (Lipinski definition) is 1. The van der Waals surface area contributed by atoms with E-state index in [1.165, 1.54) is 5.56 Å². The minimum Gasteiger partial charge on any atom is -0.485 e. The summed E-state index contributed by atoms with van der Waals surface area (Å²) < 4.78 is 11.6. The van der Waals surface area contributed by atoms with Gasteiger partial charge in [0.2, 0.25) is 5.91 Å². The van der Waals surface area contributed by atoms with Crippen molar-refractivity contribution in [1.82, 2.24) is 15.1 Å². The van der Waals surface area contributed by atoms with E-state index in [1.54, 1.807) is 17.0 Å². The second kappa shape index (κ2) is 11.0. The Bertz CT molecular complexity index is 1120. The molecule has 178 valence electrons. The van der Waals surface area contributed by atoms with Crippen molar-refractivity contribution in [2.75, 3.05) is 32.7 Å². The monoisotopic (exact) mass is 461 g/mol. The average Bonchev–Trinajstić information content (AvgIpc) is 3.32. The number of furan rings is 1. The van der Waals surface area contributed by atoms with Gasteiger partial charge in [0.05, 0.1) is 6.54 Å². The Kier molecular flexibility index (Phi) is 7.65. The van der Waals surface area contributed by atoms with E-state index in [4.69, 9.17) is 9.15 Å². The van der Waals surface area contributed by atoms with Gasteiger partial charge in [-0.3, -0.25) is 14.5 Å². The smallest absolute Gasteiger partial charge is 0.289 e. The van der Waals surface area contributed by atoms with Crippen LogP contribution in [0.2, 0.25) is 0 Å². The van der Waals surface area contributed by atoms with Gasteiger partial charge in [-0.1, -0.05) is 48.0 Å². The number of piperazine rings is 1. The van der Waals surface area contributed by atoms with E-state index in [-0.39, 0.29) is 18.4 Å². The number of ether oxygens (including phenoxy) is 1. The lowest BCUT2D eigenvalue weighted by Gasteiger charge is -2.33. The van der Waals surface area contributed by atoms with Crippen molar-refractivity contribution in [3.05, 3.63) is 88.9 Å². The summed E-state index contributed by atoms with van der Waals surface area (Å²) in [6.07, 6.45) is 0. The van der Waals surface area contributed by atoms with Gasteiger partial charge in [0, 0.05) is 32.7 Å². The summed E-state index contributed by atoms with van der Waals surface area (Å²) in [6.45, 7) is 7.57. The fraction of sp³-hybridized carbons (Fsp3) is 0.333. The van der Waals surface area contributed by atoms with Crippen molar-refractivity contribution in [3.63, 3.8) is 0 Å². The summed E-state index contributed by atoms with van der Waals surface area (Å²) in [4.78, 5) is 29.0. The van der Waals surface area contributed by atoms with Crippen LogP contribution in [0.15, 0.2) is 65.1 Å². The van der Waals surface area contributed by atoms with Gasteiger partial charge in [0.25, 0.3) is 5.91 Å². The highest BCUT2D eigenvalue weighted by Gasteiger charge is 2.25. The summed E-state index contributed by atoms with van der Waals surface area (Å²) in [7, 11) is 0. The highest BCUT2D eigenvalue weighted by Crippen LogP contribution is 2.21. The number of carbonyl (C=O) groups excluding carboxylic acids is 2. The molecular weight excluding hydrogens is 430 g/mol. The molecule has 1 aliphatic heterocycles. The van der Waals surface area contributed by atoms with Crippen LogP contribution in [-0.2, 0) is 17.9 Å². The third kappa shape index (κ3) is 6.26. The maximum absolute atomic E-state index is 12.9. The van der Waals surface area contributed by atoms with E-state index in [2.05, 4.69) is 16.3 Å². The number of amides is 2. The van der Waals surface area contributed by atoms with Crippen molar-refractivity contribution in [2.45, 2.75) is 27.0 Å². The van der Waals surface area contributed by atoms with Gasteiger partial charge in [0.1, 0.15) is 18.1 Å². The number of nitrogens with zero attached hydrogens (tertiary/aromatic N) is 2. The number of benzene rings is 2. The van der Waals surface area contributed by atoms with E-state index in [0.29, 0.717) is 50.8 Å². The molecule has 4 rings (SSSR count). The highest BCUT2D eigenvalue weighted by molar-refractivity contribution is 5.91. The number of rotatable bonds is 8. The zero-order valence-corrected chi connectivity index (χ0v) is 19.8. The Balaban J connectivity index is 1.21. The van der Waals surface area contributed by atoms with E-state index >= 15 is 0 Å². The van der Waals surface area contributed by atoms with Crippen molar-refractivity contribution in [3.8, 4) is 5.75 Å². The summed E-state index contributed by atoms with van der Waals surface area (Å²) in [6, 6.07) is 19.3. The van der Waals surface area contributed by atoms with Crippen LogP contribution in [0, 0.1) is 13.8 Å². The van der Waals surface area contributed by atoms with Crippen molar-refractivity contribution < 1.29 is 18.7 Å². The molecule has 1 aromatic heterocycles. The van der Waals surface area contributed by atoms with Crippen LogP contribution in [0.3, 0.4) is 0 Å². The first-order valence-electron chi connectivity index (χ1n) is 11.6. The van der Waals surface area contributed by atoms with Crippen molar-refractivity contribution in [2.24, 2.45) is 0 Å². The van der Waals surface area contributed by atoms with Crippen LogP contribution in [0.25, 0.3) is 0 Å². The molecule has 2 amide bonds. The lowest BCUT2D eigenvalue weighted by molar-refractivity contribution is -0.122. The van der Waals surface area contributed by atoms with Crippen LogP contribution in [-0.4, -0.2) is 54.3 Å². The predicted molar refractivity (Wildman–Crippen MR) is 130 cm³/mol. The van der Waals surface area contributed by atoms with Crippen LogP contribution in [0.4, 0.5) is 0 Å². The van der Waals surface area contributed by atoms with Gasteiger partial charge in [-0.2, -0.15) is 0 Å². The standard InChI is InChI=1S/C27H31N3O4/c1-20-8-10-24(21(2)16-20)33-19-23-9-11-25(34-23)27(32)30-14-12-29(13-15-30)18-26(31)28-17-22-6-4-3-5-7-22/h3-11,16H,12-15,17-19H2,1-2H3,(H,28,31). The highest BCUT2D eigenvalue weighted by atomic mass is 16.5. The van der Waals surface area contributed by atoms with Gasteiger partial charge in [-0.15, -0.1) is 0 Å². The van der Waals surface area contributed by atoms with Crippen molar-refractivity contribution in [1.29, 1.82) is 0 Å². The lowest BCUT2D eigenvalue weighted by Crippen LogP contribution is -2.51. The zero-order chi connectivity index (χ0) is 23.9. The Hall–Kier alpha value is -3.58. The van der Waals surface area contributed by atoms with Gasteiger partial charge in [0.15, 0.2) is 5.76 Å².